The van der Waals surface area contributed by atoms with Crippen LogP contribution in [-0.2, 0) is 25.6 Å². The number of carbonyl (C=O) groups excluding carboxylic acids is 1. The van der Waals surface area contributed by atoms with E-state index in [4.69, 9.17) is 4.74 Å². The van der Waals surface area contributed by atoms with Crippen LogP contribution in [-0.4, -0.2) is 73.2 Å². The normalized spacial score (nSPS) is 15.0. The van der Waals surface area contributed by atoms with Crippen molar-refractivity contribution in [2.24, 2.45) is 5.92 Å². The quantitative estimate of drug-likeness (QED) is 0.0467. The molecule has 0 saturated carbocycles. The molecule has 262 valence electrons. The monoisotopic (exact) mass is 659 g/mol. The molecule has 0 heterocycles. The van der Waals surface area contributed by atoms with Gasteiger partial charge in [0.25, 0.3) is 0 Å². The summed E-state index contributed by atoms with van der Waals surface area (Å²) in [4.78, 5) is 48.9. The Labute approximate surface area is 278 Å². The number of carbonyl (C=O) groups is 4. The molecule has 0 radical (unpaired) electrons. The number of rotatable bonds is 25. The first kappa shape index (κ1) is 41.1. The van der Waals surface area contributed by atoms with Crippen molar-refractivity contribution in [3.05, 3.63) is 42.0 Å². The lowest BCUT2D eigenvalue weighted by molar-refractivity contribution is -0.172. The number of unbranched alkanes of at least 4 members (excludes halogenated alkanes) is 8. The van der Waals surface area contributed by atoms with E-state index in [9.17, 15) is 44.7 Å². The van der Waals surface area contributed by atoms with Crippen molar-refractivity contribution < 1.29 is 49.4 Å². The summed E-state index contributed by atoms with van der Waals surface area (Å²) >= 11 is 0. The summed E-state index contributed by atoms with van der Waals surface area (Å²) in [6.45, 7) is 5.90. The van der Waals surface area contributed by atoms with E-state index < -0.39 is 53.4 Å². The Kier molecular flexibility index (Phi) is 19.1. The highest BCUT2D eigenvalue weighted by Gasteiger charge is 2.49. The Hall–Kier alpha value is -3.88. The summed E-state index contributed by atoms with van der Waals surface area (Å²) in [7, 11) is 0. The Morgan fingerprint density at radius 1 is 0.915 bits per heavy atom. The highest BCUT2D eigenvalue weighted by atomic mass is 16.5. The van der Waals surface area contributed by atoms with Gasteiger partial charge in [-0.15, -0.1) is 5.92 Å². The van der Waals surface area contributed by atoms with Gasteiger partial charge in [-0.05, 0) is 57.2 Å². The zero-order valence-corrected chi connectivity index (χ0v) is 28.0. The largest absolute Gasteiger partial charge is 0.481 e. The molecule has 0 bridgehead atoms. The predicted octanol–water partition coefficient (Wildman–Crippen LogP) is 5.12. The van der Waals surface area contributed by atoms with Crippen LogP contribution in [0.1, 0.15) is 110 Å². The molecule has 0 fully saturated rings. The fraction of sp³-hybridized carbons (Fsp3) is 0.611. The second-order valence-corrected chi connectivity index (χ2v) is 12.3. The first-order chi connectivity index (χ1) is 22.3. The summed E-state index contributed by atoms with van der Waals surface area (Å²) in [6.07, 6.45) is 12.0. The van der Waals surface area contributed by atoms with Crippen molar-refractivity contribution in [1.82, 2.24) is 5.32 Å². The smallest absolute Gasteiger partial charge is 0.337 e. The van der Waals surface area contributed by atoms with Gasteiger partial charge in [-0.3, -0.25) is 9.59 Å². The molecule has 1 unspecified atom stereocenters. The number of carboxylic acid groups (broad SMARTS) is 3. The van der Waals surface area contributed by atoms with Crippen LogP contribution in [0.2, 0.25) is 0 Å². The number of benzene rings is 1. The molecule has 1 amide bonds. The number of ether oxygens (including phenoxy) is 1. The second-order valence-electron chi connectivity index (χ2n) is 12.3. The van der Waals surface area contributed by atoms with Gasteiger partial charge in [0, 0.05) is 6.42 Å². The van der Waals surface area contributed by atoms with E-state index in [1.54, 1.807) is 31.2 Å². The summed E-state index contributed by atoms with van der Waals surface area (Å²) in [6, 6.07) is 4.97. The Bertz CT molecular complexity index is 1210. The molecular weight excluding hydrogens is 606 g/mol. The molecule has 0 saturated heterocycles. The van der Waals surface area contributed by atoms with Crippen molar-refractivity contribution in [3.63, 3.8) is 0 Å². The molecule has 1 aromatic rings. The fourth-order valence-corrected chi connectivity index (χ4v) is 5.21. The van der Waals surface area contributed by atoms with Gasteiger partial charge in [-0.25, -0.2) is 9.59 Å². The third kappa shape index (κ3) is 16.5. The van der Waals surface area contributed by atoms with Crippen molar-refractivity contribution in [2.75, 3.05) is 6.61 Å². The van der Waals surface area contributed by atoms with Crippen LogP contribution in [0.3, 0.4) is 0 Å². The zero-order chi connectivity index (χ0) is 35.3. The van der Waals surface area contributed by atoms with E-state index in [1.165, 1.54) is 25.3 Å². The van der Waals surface area contributed by atoms with Gasteiger partial charge in [0.05, 0.1) is 17.9 Å². The number of nitrogens with one attached hydrogen (secondary N) is 1. The van der Waals surface area contributed by atoms with E-state index in [-0.39, 0.29) is 13.0 Å². The standard InChI is InChI=1S/C36H53NO10/c1-4-6-8-12-15-22-35(3,45)23-16-13-10-9-11-14-17-29(36(46,34(43)44)26-31(38)39)32(40)37-30(33(41)42)25-27-18-20-28(21-19-27)47-24-7-5-2/h14,17-21,29-30,45-46H,4,6,8-13,15-16,22-26H2,1-3H3,(H,37,40)(H,38,39)(H,41,42)(H,43,44)/t29-,30+,35?,36+/m1/s1. The first-order valence-corrected chi connectivity index (χ1v) is 16.5. The minimum absolute atomic E-state index is 0.164. The predicted molar refractivity (Wildman–Crippen MR) is 178 cm³/mol. The minimum Gasteiger partial charge on any atom is -0.481 e. The van der Waals surface area contributed by atoms with Gasteiger partial charge in [0.15, 0.2) is 5.60 Å². The summed E-state index contributed by atoms with van der Waals surface area (Å²) in [5.74, 6) is -1.99. The molecule has 0 aliphatic rings. The lowest BCUT2D eigenvalue weighted by atomic mass is 9.82. The molecule has 0 aliphatic carbocycles. The van der Waals surface area contributed by atoms with Crippen molar-refractivity contribution in [1.29, 1.82) is 0 Å². The molecule has 1 aromatic carbocycles. The zero-order valence-electron chi connectivity index (χ0n) is 28.0. The van der Waals surface area contributed by atoms with E-state index in [0.29, 0.717) is 30.6 Å². The lowest BCUT2D eigenvalue weighted by Crippen LogP contribution is -2.55. The van der Waals surface area contributed by atoms with Gasteiger partial charge in [0.2, 0.25) is 5.91 Å². The van der Waals surface area contributed by atoms with Crippen molar-refractivity contribution >= 4 is 23.8 Å². The number of hydrogen-bond acceptors (Lipinski definition) is 7. The fourth-order valence-electron chi connectivity index (χ4n) is 5.21. The average Bonchev–Trinajstić information content (AvgIpc) is 3.00. The summed E-state index contributed by atoms with van der Waals surface area (Å²) in [5.41, 5.74) is -3.18. The van der Waals surface area contributed by atoms with Crippen LogP contribution >= 0.6 is 0 Å². The third-order valence-electron chi connectivity index (χ3n) is 8.04. The highest BCUT2D eigenvalue weighted by Crippen LogP contribution is 2.26. The van der Waals surface area contributed by atoms with Crippen LogP contribution in [0.25, 0.3) is 0 Å². The van der Waals surface area contributed by atoms with Crippen molar-refractivity contribution in [2.45, 2.75) is 128 Å². The number of carboxylic acids is 3. The van der Waals surface area contributed by atoms with Crippen LogP contribution in [0.4, 0.5) is 0 Å². The number of aliphatic carboxylic acids is 3. The van der Waals surface area contributed by atoms with Gasteiger partial charge in [0.1, 0.15) is 18.4 Å². The maximum atomic E-state index is 13.3. The van der Waals surface area contributed by atoms with E-state index in [1.807, 2.05) is 6.92 Å². The molecule has 6 N–H and O–H groups in total. The molecule has 11 nitrogen and oxygen atoms in total. The Balaban J connectivity index is 2.85. The van der Waals surface area contributed by atoms with Gasteiger partial charge in [-0.2, -0.15) is 0 Å². The number of amides is 1. The summed E-state index contributed by atoms with van der Waals surface area (Å²) < 4.78 is 5.44. The Morgan fingerprint density at radius 2 is 1.51 bits per heavy atom. The van der Waals surface area contributed by atoms with Gasteiger partial charge in [-0.1, -0.05) is 88.5 Å². The molecule has 11 heteroatoms. The van der Waals surface area contributed by atoms with Crippen LogP contribution < -0.4 is 10.1 Å². The molecule has 0 spiro atoms. The van der Waals surface area contributed by atoms with Crippen LogP contribution in [0, 0.1) is 17.8 Å². The van der Waals surface area contributed by atoms with Gasteiger partial charge >= 0.3 is 17.9 Å². The van der Waals surface area contributed by atoms with Gasteiger partial charge < -0.3 is 35.6 Å². The Morgan fingerprint density at radius 3 is 2.04 bits per heavy atom. The maximum Gasteiger partial charge on any atom is 0.337 e. The SMILES string of the molecule is CC#CCOc1ccc(C[C@H](NC(=O)[C@@H](C=CCCCCCCC(C)(O)CCCCCCC)[C@@](O)(CC(=O)O)C(=O)O)C(=O)O)cc1. The molecule has 1 rings (SSSR count). The number of allylic oxidation sites excluding steroid dienone is 1. The average molecular weight is 660 g/mol. The van der Waals surface area contributed by atoms with E-state index in [2.05, 4.69) is 24.1 Å². The van der Waals surface area contributed by atoms with E-state index >= 15 is 0 Å². The summed E-state index contributed by atoms with van der Waals surface area (Å²) in [5, 5.41) is 52.7. The topological polar surface area (TPSA) is 191 Å². The minimum atomic E-state index is -3.02. The second kappa shape index (κ2) is 21.8. The van der Waals surface area contributed by atoms with Crippen LogP contribution in [0.15, 0.2) is 36.4 Å². The molecule has 0 aromatic heterocycles. The van der Waals surface area contributed by atoms with E-state index in [0.717, 1.165) is 44.6 Å². The molecule has 47 heavy (non-hydrogen) atoms. The van der Waals surface area contributed by atoms with Crippen LogP contribution in [0.5, 0.6) is 5.75 Å². The third-order valence-corrected chi connectivity index (χ3v) is 8.04. The molecular formula is C36H53NO10. The van der Waals surface area contributed by atoms with Crippen molar-refractivity contribution in [3.8, 4) is 17.6 Å². The maximum absolute atomic E-state index is 13.3. The molecule has 4 atom stereocenters. The number of aliphatic hydroxyl groups is 2. The first-order valence-electron chi connectivity index (χ1n) is 16.5. The highest BCUT2D eigenvalue weighted by molar-refractivity contribution is 5.94. The number of hydrogen-bond donors (Lipinski definition) is 6. The molecule has 0 aliphatic heterocycles. The lowest BCUT2D eigenvalue weighted by Gasteiger charge is -2.29.